The Hall–Kier alpha value is -2.20. The van der Waals surface area contributed by atoms with Crippen LogP contribution >= 0.6 is 12.4 Å². The van der Waals surface area contributed by atoms with Gasteiger partial charge in [0, 0.05) is 16.7 Å². The molecule has 0 heterocycles. The van der Waals surface area contributed by atoms with Gasteiger partial charge in [0.15, 0.2) is 5.79 Å². The number of carbonyl (C=O) groups is 3. The minimum absolute atomic E-state index is 0. The SMILES string of the molecule is C=C(C)C(=O)OC.C=C(C)C(=O)OCC(NCC)(NCC)NCC.C=C(CC)C(=O)O.Cl. The van der Waals surface area contributed by atoms with E-state index in [1.54, 1.807) is 20.8 Å². The number of methoxy groups -OCH3 is 1. The van der Waals surface area contributed by atoms with Crippen molar-refractivity contribution in [3.8, 4) is 0 Å². The van der Waals surface area contributed by atoms with Gasteiger partial charge in [-0.15, -0.1) is 12.4 Å². The van der Waals surface area contributed by atoms with Crippen molar-refractivity contribution in [2.45, 2.75) is 53.8 Å². The van der Waals surface area contributed by atoms with Gasteiger partial charge in [0.25, 0.3) is 0 Å². The van der Waals surface area contributed by atoms with E-state index < -0.39 is 11.8 Å². The van der Waals surface area contributed by atoms with E-state index in [9.17, 15) is 14.4 Å². The van der Waals surface area contributed by atoms with Gasteiger partial charge in [0.2, 0.25) is 0 Å². The van der Waals surface area contributed by atoms with Crippen molar-refractivity contribution in [3.05, 3.63) is 36.5 Å². The average Bonchev–Trinajstić information content (AvgIpc) is 2.71. The molecule has 0 aromatic heterocycles. The van der Waals surface area contributed by atoms with Gasteiger partial charge in [-0.25, -0.2) is 14.4 Å². The quantitative estimate of drug-likeness (QED) is 0.190. The van der Waals surface area contributed by atoms with Gasteiger partial charge < -0.3 is 14.6 Å². The molecule has 32 heavy (non-hydrogen) atoms. The van der Waals surface area contributed by atoms with E-state index in [1.165, 1.54) is 7.11 Å². The first-order valence-corrected chi connectivity index (χ1v) is 10.1. The number of nitrogens with one attached hydrogen (secondary N) is 3. The predicted molar refractivity (Wildman–Crippen MR) is 131 cm³/mol. The van der Waals surface area contributed by atoms with Crippen LogP contribution in [-0.2, 0) is 23.9 Å². The first kappa shape index (κ1) is 37.1. The summed E-state index contributed by atoms with van der Waals surface area (Å²) in [5.41, 5.74) is 1.10. The van der Waals surface area contributed by atoms with E-state index in [2.05, 4.69) is 40.4 Å². The number of rotatable bonds is 12. The molecule has 0 spiro atoms. The number of hydrogen-bond acceptors (Lipinski definition) is 8. The number of halogens is 1. The van der Waals surface area contributed by atoms with Crippen molar-refractivity contribution >= 4 is 30.3 Å². The van der Waals surface area contributed by atoms with Gasteiger partial charge in [0.05, 0.1) is 7.11 Å². The summed E-state index contributed by atoms with van der Waals surface area (Å²) in [5, 5.41) is 17.9. The van der Waals surface area contributed by atoms with Crippen LogP contribution in [0.1, 0.15) is 48.0 Å². The largest absolute Gasteiger partial charge is 0.478 e. The average molecular weight is 480 g/mol. The van der Waals surface area contributed by atoms with E-state index in [1.807, 2.05) is 20.8 Å². The van der Waals surface area contributed by atoms with Crippen molar-refractivity contribution in [1.82, 2.24) is 16.0 Å². The molecule has 0 saturated heterocycles. The number of carbonyl (C=O) groups excluding carboxylic acids is 2. The summed E-state index contributed by atoms with van der Waals surface area (Å²) in [7, 11) is 1.33. The summed E-state index contributed by atoms with van der Waals surface area (Å²) in [6.45, 7) is 23.7. The van der Waals surface area contributed by atoms with E-state index in [4.69, 9.17) is 9.84 Å². The number of carboxylic acid groups (broad SMARTS) is 1. The fraction of sp³-hybridized carbons (Fsp3) is 0.591. The second kappa shape index (κ2) is 22.0. The number of likely N-dealkylation sites (N-methyl/N-ethyl adjacent to an activating group) is 3. The zero-order chi connectivity index (χ0) is 25.0. The zero-order valence-electron chi connectivity index (χ0n) is 20.6. The van der Waals surface area contributed by atoms with Gasteiger partial charge in [-0.1, -0.05) is 47.4 Å². The summed E-state index contributed by atoms with van der Waals surface area (Å²) in [4.78, 5) is 31.4. The molecule has 0 unspecified atom stereocenters. The van der Waals surface area contributed by atoms with E-state index in [0.717, 1.165) is 19.6 Å². The van der Waals surface area contributed by atoms with Crippen LogP contribution in [0.5, 0.6) is 0 Å². The second-order valence-electron chi connectivity index (χ2n) is 6.39. The fourth-order valence-electron chi connectivity index (χ4n) is 1.87. The first-order chi connectivity index (χ1) is 14.4. The molecule has 188 valence electrons. The molecule has 0 radical (unpaired) electrons. The van der Waals surface area contributed by atoms with Crippen molar-refractivity contribution < 1.29 is 29.0 Å². The highest BCUT2D eigenvalue weighted by atomic mass is 35.5. The third-order valence-corrected chi connectivity index (χ3v) is 3.47. The molecule has 0 rings (SSSR count). The van der Waals surface area contributed by atoms with Crippen LogP contribution in [0.2, 0.25) is 0 Å². The second-order valence-corrected chi connectivity index (χ2v) is 6.39. The third kappa shape index (κ3) is 19.7. The molecule has 10 heteroatoms. The van der Waals surface area contributed by atoms with Crippen LogP contribution in [0.25, 0.3) is 0 Å². The van der Waals surface area contributed by atoms with Crippen molar-refractivity contribution in [3.63, 3.8) is 0 Å². The van der Waals surface area contributed by atoms with Crippen LogP contribution in [0, 0.1) is 0 Å². The smallest absolute Gasteiger partial charge is 0.333 e. The van der Waals surface area contributed by atoms with Crippen LogP contribution in [0.3, 0.4) is 0 Å². The molecule has 4 N–H and O–H groups in total. The van der Waals surface area contributed by atoms with Gasteiger partial charge in [0.1, 0.15) is 6.61 Å². The molecule has 9 nitrogen and oxygen atoms in total. The lowest BCUT2D eigenvalue weighted by Gasteiger charge is -2.35. The molecule has 0 saturated carbocycles. The van der Waals surface area contributed by atoms with Crippen molar-refractivity contribution in [1.29, 1.82) is 0 Å². The fourth-order valence-corrected chi connectivity index (χ4v) is 1.87. The summed E-state index contributed by atoms with van der Waals surface area (Å²) < 4.78 is 9.47. The first-order valence-electron chi connectivity index (χ1n) is 10.1. The lowest BCUT2D eigenvalue weighted by molar-refractivity contribution is -0.142. The highest BCUT2D eigenvalue weighted by molar-refractivity contribution is 5.87. The molecule has 0 aliphatic carbocycles. The molecule has 0 bridgehead atoms. The Labute approximate surface area is 199 Å². The number of esters is 2. The molecule has 0 fully saturated rings. The Balaban J connectivity index is -0.000000217. The van der Waals surface area contributed by atoms with Crippen LogP contribution in [0.15, 0.2) is 36.5 Å². The maximum absolute atomic E-state index is 11.4. The summed E-state index contributed by atoms with van der Waals surface area (Å²) >= 11 is 0. The standard InChI is InChI=1S/C12H25N3O2.2C5H8O2.ClH/c1-6-13-12(14-7-2,15-8-3)9-17-11(16)10(4)5;1-4(2)5(6)7-3;1-3-4(2)5(6)7;/h13-15H,4,6-9H2,1-3,5H3;1H2,2-3H3;2-3H2,1H3,(H,6,7);1H. The van der Waals surface area contributed by atoms with Gasteiger partial charge in [-0.05, 0) is 39.9 Å². The summed E-state index contributed by atoms with van der Waals surface area (Å²) in [5.74, 6) is -2.19. The minimum Gasteiger partial charge on any atom is -0.478 e. The third-order valence-electron chi connectivity index (χ3n) is 3.47. The molecule has 0 aliphatic heterocycles. The Morgan fingerprint density at radius 2 is 1.22 bits per heavy atom. The number of ether oxygens (including phenoxy) is 2. The Kier molecular flexibility index (Phi) is 25.5. The minimum atomic E-state index is -0.900. The lowest BCUT2D eigenvalue weighted by Crippen LogP contribution is -2.69. The molecular weight excluding hydrogens is 438 g/mol. The van der Waals surface area contributed by atoms with Gasteiger partial charge >= 0.3 is 17.9 Å². The van der Waals surface area contributed by atoms with Crippen molar-refractivity contribution in [2.75, 3.05) is 33.4 Å². The normalized spacial score (nSPS) is 9.47. The van der Waals surface area contributed by atoms with Crippen molar-refractivity contribution in [2.24, 2.45) is 0 Å². The van der Waals surface area contributed by atoms with Gasteiger partial charge in [-0.3, -0.25) is 16.0 Å². The number of hydrogen-bond donors (Lipinski definition) is 4. The highest BCUT2D eigenvalue weighted by Gasteiger charge is 2.28. The summed E-state index contributed by atoms with van der Waals surface area (Å²) in [6.07, 6.45) is 0.523. The van der Waals surface area contributed by atoms with E-state index in [-0.39, 0.29) is 36.5 Å². The van der Waals surface area contributed by atoms with Crippen LogP contribution < -0.4 is 16.0 Å². The summed E-state index contributed by atoms with van der Waals surface area (Å²) in [6, 6.07) is 0. The maximum atomic E-state index is 11.4. The molecule has 0 aromatic rings. The topological polar surface area (TPSA) is 126 Å². The van der Waals surface area contributed by atoms with E-state index in [0.29, 0.717) is 17.6 Å². The Morgan fingerprint density at radius 1 is 0.844 bits per heavy atom. The van der Waals surface area contributed by atoms with E-state index >= 15 is 0 Å². The van der Waals surface area contributed by atoms with Crippen LogP contribution in [-0.4, -0.2) is 62.2 Å². The maximum Gasteiger partial charge on any atom is 0.333 e. The molecular formula is C22H42ClN3O6. The molecule has 0 aromatic carbocycles. The Morgan fingerprint density at radius 3 is 1.38 bits per heavy atom. The molecule has 0 amide bonds. The van der Waals surface area contributed by atoms with Gasteiger partial charge in [-0.2, -0.15) is 0 Å². The monoisotopic (exact) mass is 479 g/mol. The molecule has 0 aliphatic rings. The molecule has 0 atom stereocenters. The Bertz CT molecular complexity index is 565. The lowest BCUT2D eigenvalue weighted by atomic mass is 10.2. The highest BCUT2D eigenvalue weighted by Crippen LogP contribution is 2.00. The van der Waals surface area contributed by atoms with Crippen LogP contribution in [0.4, 0.5) is 0 Å². The predicted octanol–water partition coefficient (Wildman–Crippen LogP) is 2.78. The number of carboxylic acids is 1. The number of aliphatic carboxylic acids is 1. The zero-order valence-corrected chi connectivity index (χ0v) is 21.4.